The van der Waals surface area contributed by atoms with E-state index in [1.165, 1.54) is 11.1 Å². The van der Waals surface area contributed by atoms with Crippen LogP contribution in [0.3, 0.4) is 0 Å². The molecule has 1 aromatic rings. The molecule has 0 radical (unpaired) electrons. The number of hydrogen-bond donors (Lipinski definition) is 1. The van der Waals surface area contributed by atoms with E-state index in [1.54, 1.807) is 4.90 Å². The van der Waals surface area contributed by atoms with Crippen molar-refractivity contribution in [2.24, 2.45) is 0 Å². The molecule has 0 bridgehead atoms. The Bertz CT molecular complexity index is 359. The second-order valence-electron chi connectivity index (χ2n) is 4.73. The third-order valence-corrected chi connectivity index (χ3v) is 3.24. The molecular weight excluding hydrogens is 214 g/mol. The minimum absolute atomic E-state index is 0.791. The summed E-state index contributed by atoms with van der Waals surface area (Å²) in [5.41, 5.74) is 2.51. The molecule has 1 heterocycles. The summed E-state index contributed by atoms with van der Waals surface area (Å²) < 4.78 is 11.2. The summed E-state index contributed by atoms with van der Waals surface area (Å²) in [6.07, 6.45) is 0. The summed E-state index contributed by atoms with van der Waals surface area (Å²) in [5, 5.41) is 0. The molecule has 1 N–H and O–H groups in total. The normalized spacial score (nSPS) is 17.1. The Morgan fingerprint density at radius 2 is 2.00 bits per heavy atom. The lowest BCUT2D eigenvalue weighted by Crippen LogP contribution is -3.14. The van der Waals surface area contributed by atoms with Crippen molar-refractivity contribution in [2.75, 3.05) is 39.5 Å². The van der Waals surface area contributed by atoms with Gasteiger partial charge in [-0.1, -0.05) is 17.7 Å². The van der Waals surface area contributed by atoms with Crippen molar-refractivity contribution in [3.8, 4) is 5.75 Å². The number of ether oxygens (including phenoxy) is 2. The van der Waals surface area contributed by atoms with E-state index in [-0.39, 0.29) is 0 Å². The van der Waals surface area contributed by atoms with Gasteiger partial charge in [0.1, 0.15) is 32.0 Å². The van der Waals surface area contributed by atoms with E-state index in [0.717, 1.165) is 45.2 Å². The van der Waals surface area contributed by atoms with Crippen LogP contribution in [-0.4, -0.2) is 39.5 Å². The van der Waals surface area contributed by atoms with Gasteiger partial charge in [-0.3, -0.25) is 0 Å². The summed E-state index contributed by atoms with van der Waals surface area (Å²) >= 11 is 0. The van der Waals surface area contributed by atoms with Gasteiger partial charge in [-0.2, -0.15) is 0 Å². The van der Waals surface area contributed by atoms with Crippen molar-refractivity contribution in [3.63, 3.8) is 0 Å². The topological polar surface area (TPSA) is 22.9 Å². The fraction of sp³-hybridized carbons (Fsp3) is 0.571. The molecule has 0 aliphatic carbocycles. The SMILES string of the molecule is Cc1ccc(OCC[NH+]2CCOCC2)c(C)c1. The van der Waals surface area contributed by atoms with Gasteiger partial charge in [0.15, 0.2) is 0 Å². The highest BCUT2D eigenvalue weighted by molar-refractivity contribution is 5.35. The molecule has 0 atom stereocenters. The van der Waals surface area contributed by atoms with E-state index >= 15 is 0 Å². The standard InChI is InChI=1S/C14H21NO2/c1-12-3-4-14(13(2)11-12)17-10-7-15-5-8-16-9-6-15/h3-4,11H,5-10H2,1-2H3/p+1. The molecule has 1 aliphatic heterocycles. The molecule has 0 spiro atoms. The Morgan fingerprint density at radius 3 is 2.71 bits per heavy atom. The van der Waals surface area contributed by atoms with Crippen molar-refractivity contribution in [3.05, 3.63) is 29.3 Å². The molecule has 3 nitrogen and oxygen atoms in total. The van der Waals surface area contributed by atoms with Gasteiger partial charge < -0.3 is 14.4 Å². The fourth-order valence-electron chi connectivity index (χ4n) is 2.18. The summed E-state index contributed by atoms with van der Waals surface area (Å²) in [6, 6.07) is 6.33. The Labute approximate surface area is 103 Å². The second kappa shape index (κ2) is 6.03. The van der Waals surface area contributed by atoms with E-state index in [9.17, 15) is 0 Å². The maximum Gasteiger partial charge on any atom is 0.137 e. The largest absolute Gasteiger partial charge is 0.487 e. The number of aryl methyl sites for hydroxylation is 2. The minimum Gasteiger partial charge on any atom is -0.487 e. The van der Waals surface area contributed by atoms with Crippen molar-refractivity contribution in [2.45, 2.75) is 13.8 Å². The highest BCUT2D eigenvalue weighted by Crippen LogP contribution is 2.18. The Kier molecular flexibility index (Phi) is 4.40. The van der Waals surface area contributed by atoms with Crippen LogP contribution in [0.15, 0.2) is 18.2 Å². The van der Waals surface area contributed by atoms with Gasteiger partial charge >= 0.3 is 0 Å². The van der Waals surface area contributed by atoms with Crippen LogP contribution in [0.25, 0.3) is 0 Å². The van der Waals surface area contributed by atoms with Crippen LogP contribution < -0.4 is 9.64 Å². The van der Waals surface area contributed by atoms with Crippen molar-refractivity contribution in [1.29, 1.82) is 0 Å². The Morgan fingerprint density at radius 1 is 1.24 bits per heavy atom. The molecule has 3 heteroatoms. The fourth-order valence-corrected chi connectivity index (χ4v) is 2.18. The lowest BCUT2D eigenvalue weighted by molar-refractivity contribution is -0.908. The highest BCUT2D eigenvalue weighted by atomic mass is 16.5. The van der Waals surface area contributed by atoms with Gasteiger partial charge in [0, 0.05) is 0 Å². The molecule has 1 saturated heterocycles. The predicted molar refractivity (Wildman–Crippen MR) is 67.8 cm³/mol. The number of quaternary nitrogens is 1. The number of hydrogen-bond acceptors (Lipinski definition) is 2. The van der Waals surface area contributed by atoms with Gasteiger partial charge in [-0.25, -0.2) is 0 Å². The van der Waals surface area contributed by atoms with E-state index in [1.807, 2.05) is 0 Å². The van der Waals surface area contributed by atoms with Crippen molar-refractivity contribution < 1.29 is 14.4 Å². The summed E-state index contributed by atoms with van der Waals surface area (Å²) in [5.74, 6) is 1.02. The first-order valence-electron chi connectivity index (χ1n) is 6.37. The highest BCUT2D eigenvalue weighted by Gasteiger charge is 2.13. The molecule has 1 fully saturated rings. The first-order valence-corrected chi connectivity index (χ1v) is 6.37. The van der Waals surface area contributed by atoms with Gasteiger partial charge in [0.2, 0.25) is 0 Å². The van der Waals surface area contributed by atoms with Crippen molar-refractivity contribution in [1.82, 2.24) is 0 Å². The van der Waals surface area contributed by atoms with Crippen molar-refractivity contribution >= 4 is 0 Å². The maximum absolute atomic E-state index is 5.83. The quantitative estimate of drug-likeness (QED) is 0.827. The third kappa shape index (κ3) is 3.72. The van der Waals surface area contributed by atoms with Crippen LogP contribution in [0.5, 0.6) is 5.75 Å². The number of morpholine rings is 1. The molecule has 0 amide bonds. The molecule has 0 aromatic heterocycles. The zero-order valence-electron chi connectivity index (χ0n) is 10.8. The maximum atomic E-state index is 5.83. The van der Waals surface area contributed by atoms with Gasteiger partial charge in [-0.05, 0) is 25.5 Å². The predicted octanol–water partition coefficient (Wildman–Crippen LogP) is 0.597. The smallest absolute Gasteiger partial charge is 0.137 e. The van der Waals surface area contributed by atoms with Gasteiger partial charge in [-0.15, -0.1) is 0 Å². The van der Waals surface area contributed by atoms with Crippen LogP contribution in [0.4, 0.5) is 0 Å². The van der Waals surface area contributed by atoms with Crippen LogP contribution in [0.2, 0.25) is 0 Å². The molecule has 1 aliphatic rings. The van der Waals surface area contributed by atoms with E-state index in [2.05, 4.69) is 32.0 Å². The molecular formula is C14H22NO2+. The zero-order chi connectivity index (χ0) is 12.1. The Hall–Kier alpha value is -1.06. The number of nitrogens with one attached hydrogen (secondary N) is 1. The third-order valence-electron chi connectivity index (χ3n) is 3.24. The van der Waals surface area contributed by atoms with Crippen LogP contribution in [0.1, 0.15) is 11.1 Å². The molecule has 1 aromatic carbocycles. The average Bonchev–Trinajstić information content (AvgIpc) is 2.33. The van der Waals surface area contributed by atoms with Gasteiger partial charge in [0.05, 0.1) is 13.2 Å². The molecule has 94 valence electrons. The lowest BCUT2D eigenvalue weighted by atomic mass is 10.1. The van der Waals surface area contributed by atoms with Crippen LogP contribution in [0, 0.1) is 13.8 Å². The van der Waals surface area contributed by atoms with E-state index in [0.29, 0.717) is 0 Å². The number of rotatable bonds is 4. The van der Waals surface area contributed by atoms with E-state index in [4.69, 9.17) is 9.47 Å². The number of benzene rings is 1. The van der Waals surface area contributed by atoms with Gasteiger partial charge in [0.25, 0.3) is 0 Å². The second-order valence-corrected chi connectivity index (χ2v) is 4.73. The summed E-state index contributed by atoms with van der Waals surface area (Å²) in [6.45, 7) is 10.1. The van der Waals surface area contributed by atoms with Crippen LogP contribution >= 0.6 is 0 Å². The molecule has 0 unspecified atom stereocenters. The summed E-state index contributed by atoms with van der Waals surface area (Å²) in [4.78, 5) is 1.58. The van der Waals surface area contributed by atoms with E-state index < -0.39 is 0 Å². The zero-order valence-corrected chi connectivity index (χ0v) is 10.8. The molecule has 2 rings (SSSR count). The molecule has 17 heavy (non-hydrogen) atoms. The Balaban J connectivity index is 1.77. The first-order chi connectivity index (χ1) is 8.25. The lowest BCUT2D eigenvalue weighted by Gasteiger charge is -2.23. The monoisotopic (exact) mass is 236 g/mol. The first kappa shape index (κ1) is 12.4. The summed E-state index contributed by atoms with van der Waals surface area (Å²) in [7, 11) is 0. The minimum atomic E-state index is 0.791. The molecule has 0 saturated carbocycles. The average molecular weight is 236 g/mol. The van der Waals surface area contributed by atoms with Crippen LogP contribution in [-0.2, 0) is 4.74 Å².